The largest absolute Gasteiger partial charge is 0.486 e. The van der Waals surface area contributed by atoms with E-state index in [0.29, 0.717) is 44.5 Å². The average Bonchev–Trinajstić information content (AvgIpc) is 3.34. The number of H-pyrrole nitrogens is 1. The van der Waals surface area contributed by atoms with Crippen LogP contribution in [0.25, 0.3) is 10.9 Å². The van der Waals surface area contributed by atoms with Crippen LogP contribution in [0.1, 0.15) is 36.0 Å². The Kier molecular flexibility index (Phi) is 5.61. The molecule has 30 heavy (non-hydrogen) atoms. The van der Waals surface area contributed by atoms with Crippen LogP contribution in [0.15, 0.2) is 43.0 Å². The Morgan fingerprint density at radius 2 is 2.03 bits per heavy atom. The molecule has 1 atom stereocenters. The van der Waals surface area contributed by atoms with Crippen LogP contribution >= 0.6 is 23.2 Å². The number of aryl methyl sites for hydroxylation is 1. The van der Waals surface area contributed by atoms with Gasteiger partial charge in [0.25, 0.3) is 5.91 Å². The lowest BCUT2D eigenvalue weighted by atomic mass is 10.1. The first-order valence-corrected chi connectivity index (χ1v) is 9.99. The molecule has 3 heterocycles. The van der Waals surface area contributed by atoms with Gasteiger partial charge >= 0.3 is 0 Å². The molecule has 0 radical (unpaired) electrons. The number of pyridine rings is 1. The fraction of sp³-hybridized carbons (Fsp3) is 0.200. The number of amides is 1. The van der Waals surface area contributed by atoms with E-state index in [1.807, 2.05) is 13.8 Å². The molecule has 0 bridgehead atoms. The summed E-state index contributed by atoms with van der Waals surface area (Å²) < 4.78 is 7.75. The molecule has 2 N–H and O–H groups in total. The SMILES string of the molecule is CCn1cc(NC(=O)c2n[nH]c3ccc(OC(C)c4c(Cl)cncc4Cl)cc23)cn1. The molecule has 0 spiro atoms. The lowest BCUT2D eigenvalue weighted by molar-refractivity contribution is 0.102. The first-order chi connectivity index (χ1) is 14.5. The van der Waals surface area contributed by atoms with Crippen LogP contribution in [0, 0.1) is 0 Å². The van der Waals surface area contributed by atoms with Gasteiger partial charge in [-0.3, -0.25) is 19.6 Å². The number of ether oxygens (including phenoxy) is 1. The van der Waals surface area contributed by atoms with Crippen LogP contribution in [0.2, 0.25) is 10.0 Å². The number of halogens is 2. The van der Waals surface area contributed by atoms with Gasteiger partial charge in [-0.05, 0) is 32.0 Å². The quantitative estimate of drug-likeness (QED) is 0.441. The highest BCUT2D eigenvalue weighted by molar-refractivity contribution is 6.35. The molecule has 8 nitrogen and oxygen atoms in total. The van der Waals surface area contributed by atoms with Crippen molar-refractivity contribution in [1.82, 2.24) is 25.0 Å². The Bertz CT molecular complexity index is 1200. The molecule has 1 amide bonds. The number of fused-ring (bicyclic) bond motifs is 1. The van der Waals surface area contributed by atoms with Gasteiger partial charge in [0.15, 0.2) is 5.69 Å². The third-order valence-electron chi connectivity index (χ3n) is 4.57. The number of nitrogens with one attached hydrogen (secondary N) is 2. The minimum Gasteiger partial charge on any atom is -0.486 e. The summed E-state index contributed by atoms with van der Waals surface area (Å²) in [6.07, 6.45) is 5.96. The molecule has 0 aliphatic rings. The summed E-state index contributed by atoms with van der Waals surface area (Å²) in [6.45, 7) is 4.52. The number of carbonyl (C=O) groups is 1. The van der Waals surface area contributed by atoms with Crippen molar-refractivity contribution in [2.24, 2.45) is 0 Å². The summed E-state index contributed by atoms with van der Waals surface area (Å²) in [5, 5.41) is 15.5. The third kappa shape index (κ3) is 3.96. The molecule has 0 fully saturated rings. The summed E-state index contributed by atoms with van der Waals surface area (Å²) in [4.78, 5) is 16.7. The van der Waals surface area contributed by atoms with Gasteiger partial charge in [0, 0.05) is 36.1 Å². The summed E-state index contributed by atoms with van der Waals surface area (Å²) in [5.74, 6) is 0.204. The maximum absolute atomic E-state index is 12.7. The van der Waals surface area contributed by atoms with E-state index in [0.717, 1.165) is 0 Å². The molecule has 4 rings (SSSR count). The number of benzene rings is 1. The Morgan fingerprint density at radius 1 is 1.27 bits per heavy atom. The first-order valence-electron chi connectivity index (χ1n) is 9.23. The van der Waals surface area contributed by atoms with Gasteiger partial charge in [-0.2, -0.15) is 10.2 Å². The van der Waals surface area contributed by atoms with E-state index in [2.05, 4.69) is 25.6 Å². The van der Waals surface area contributed by atoms with E-state index in [9.17, 15) is 4.79 Å². The normalized spacial score (nSPS) is 12.1. The molecule has 0 saturated carbocycles. The molecule has 10 heteroatoms. The molecule has 0 aliphatic carbocycles. The Hall–Kier alpha value is -3.10. The number of rotatable bonds is 6. The average molecular weight is 445 g/mol. The van der Waals surface area contributed by atoms with Crippen molar-refractivity contribution in [3.8, 4) is 5.75 Å². The van der Waals surface area contributed by atoms with Crippen LogP contribution in [0.3, 0.4) is 0 Å². The predicted octanol–water partition coefficient (Wildman–Crippen LogP) is 4.87. The summed E-state index contributed by atoms with van der Waals surface area (Å²) >= 11 is 12.4. The maximum Gasteiger partial charge on any atom is 0.276 e. The van der Waals surface area contributed by atoms with Crippen molar-refractivity contribution in [3.63, 3.8) is 0 Å². The van der Waals surface area contributed by atoms with Crippen LogP contribution in [0.4, 0.5) is 5.69 Å². The zero-order chi connectivity index (χ0) is 21.3. The maximum atomic E-state index is 12.7. The zero-order valence-electron chi connectivity index (χ0n) is 16.2. The molecule has 1 aromatic carbocycles. The Labute approximate surface area is 182 Å². The van der Waals surface area contributed by atoms with Crippen molar-refractivity contribution in [3.05, 3.63) is 64.3 Å². The monoisotopic (exact) mass is 444 g/mol. The van der Waals surface area contributed by atoms with Crippen molar-refractivity contribution < 1.29 is 9.53 Å². The minimum absolute atomic E-state index is 0.257. The van der Waals surface area contributed by atoms with E-state index in [4.69, 9.17) is 27.9 Å². The number of aromatic amines is 1. The third-order valence-corrected chi connectivity index (χ3v) is 5.18. The van der Waals surface area contributed by atoms with E-state index < -0.39 is 6.10 Å². The van der Waals surface area contributed by atoms with Gasteiger partial charge in [-0.25, -0.2) is 0 Å². The van der Waals surface area contributed by atoms with Crippen LogP contribution in [0.5, 0.6) is 5.75 Å². The Balaban J connectivity index is 1.58. The molecule has 0 aliphatic heterocycles. The number of hydrogen-bond donors (Lipinski definition) is 2. The highest BCUT2D eigenvalue weighted by Gasteiger charge is 2.19. The number of nitrogens with zero attached hydrogens (tertiary/aromatic N) is 4. The number of carbonyl (C=O) groups excluding carboxylic acids is 1. The second-order valence-corrected chi connectivity index (χ2v) is 7.41. The van der Waals surface area contributed by atoms with E-state index >= 15 is 0 Å². The van der Waals surface area contributed by atoms with Gasteiger partial charge in [-0.15, -0.1) is 0 Å². The fourth-order valence-corrected chi connectivity index (χ4v) is 3.78. The van der Waals surface area contributed by atoms with Gasteiger partial charge in [-0.1, -0.05) is 23.2 Å². The van der Waals surface area contributed by atoms with Crippen molar-refractivity contribution >= 4 is 45.7 Å². The standard InChI is InChI=1S/C20H18Cl2N6O2/c1-3-28-10-12(7-24-28)25-20(29)19-14-6-13(4-5-17(14)26-27-19)30-11(2)18-15(21)8-23-9-16(18)22/h4-11H,3H2,1-2H3,(H,25,29)(H,26,27). The summed E-state index contributed by atoms with van der Waals surface area (Å²) in [7, 11) is 0. The van der Waals surface area contributed by atoms with Crippen LogP contribution < -0.4 is 10.1 Å². The van der Waals surface area contributed by atoms with E-state index in [1.165, 1.54) is 12.4 Å². The van der Waals surface area contributed by atoms with Gasteiger partial charge < -0.3 is 10.1 Å². The van der Waals surface area contributed by atoms with Crippen molar-refractivity contribution in [2.45, 2.75) is 26.5 Å². The summed E-state index contributed by atoms with van der Waals surface area (Å²) in [5.41, 5.74) is 2.21. The lowest BCUT2D eigenvalue weighted by Crippen LogP contribution is -2.12. The fourth-order valence-electron chi connectivity index (χ4n) is 3.10. The topological polar surface area (TPSA) is 97.7 Å². The summed E-state index contributed by atoms with van der Waals surface area (Å²) in [6, 6.07) is 5.34. The zero-order valence-corrected chi connectivity index (χ0v) is 17.7. The van der Waals surface area contributed by atoms with Gasteiger partial charge in [0.2, 0.25) is 0 Å². The highest BCUT2D eigenvalue weighted by Crippen LogP contribution is 2.33. The predicted molar refractivity (Wildman–Crippen MR) is 115 cm³/mol. The number of hydrogen-bond acceptors (Lipinski definition) is 5. The van der Waals surface area contributed by atoms with Crippen LogP contribution in [-0.4, -0.2) is 30.9 Å². The molecule has 154 valence electrons. The second kappa shape index (κ2) is 8.33. The minimum atomic E-state index is -0.422. The second-order valence-electron chi connectivity index (χ2n) is 6.60. The molecular weight excluding hydrogens is 427 g/mol. The van der Waals surface area contributed by atoms with E-state index in [1.54, 1.807) is 35.3 Å². The molecular formula is C20H18Cl2N6O2. The molecule has 1 unspecified atom stereocenters. The number of aromatic nitrogens is 5. The highest BCUT2D eigenvalue weighted by atomic mass is 35.5. The van der Waals surface area contributed by atoms with Crippen LogP contribution in [-0.2, 0) is 6.54 Å². The lowest BCUT2D eigenvalue weighted by Gasteiger charge is -2.17. The molecule has 0 saturated heterocycles. The number of anilines is 1. The van der Waals surface area contributed by atoms with Crippen molar-refractivity contribution in [1.29, 1.82) is 0 Å². The van der Waals surface area contributed by atoms with E-state index in [-0.39, 0.29) is 11.6 Å². The molecule has 4 aromatic rings. The Morgan fingerprint density at radius 3 is 2.73 bits per heavy atom. The van der Waals surface area contributed by atoms with Crippen molar-refractivity contribution in [2.75, 3.05) is 5.32 Å². The first kappa shape index (κ1) is 20.2. The molecule has 3 aromatic heterocycles. The smallest absolute Gasteiger partial charge is 0.276 e. The van der Waals surface area contributed by atoms with Gasteiger partial charge in [0.1, 0.15) is 11.9 Å². The van der Waals surface area contributed by atoms with Gasteiger partial charge in [0.05, 0.1) is 27.4 Å².